The van der Waals surface area contributed by atoms with Crippen molar-refractivity contribution in [3.63, 3.8) is 0 Å². The van der Waals surface area contributed by atoms with Gasteiger partial charge in [-0.2, -0.15) is 5.26 Å². The molecule has 0 saturated carbocycles. The Labute approximate surface area is 148 Å². The summed E-state index contributed by atoms with van der Waals surface area (Å²) in [5.74, 6) is -1.69. The predicted octanol–water partition coefficient (Wildman–Crippen LogP) is 2.01. The van der Waals surface area contributed by atoms with Crippen LogP contribution in [0.5, 0.6) is 0 Å². The highest BCUT2D eigenvalue weighted by molar-refractivity contribution is 6.03. The number of Topliss-reactive ketones (excluding diaryl/α,β-unsaturated/α-hetero) is 1. The number of carbonyl (C=O) groups is 3. The minimum Gasteiger partial charge on any atom is -0.459 e. The zero-order valence-corrected chi connectivity index (χ0v) is 13.8. The number of benzene rings is 1. The van der Waals surface area contributed by atoms with Crippen LogP contribution in [0.3, 0.4) is 0 Å². The Kier molecular flexibility index (Phi) is 5.90. The highest BCUT2D eigenvalue weighted by Gasteiger charge is 2.15. The van der Waals surface area contributed by atoms with Crippen molar-refractivity contribution >= 4 is 23.3 Å². The lowest BCUT2D eigenvalue weighted by atomic mass is 10.1. The number of esters is 1. The van der Waals surface area contributed by atoms with Gasteiger partial charge in [0.1, 0.15) is 11.6 Å². The molecule has 0 radical (unpaired) electrons. The second kappa shape index (κ2) is 8.30. The summed E-state index contributed by atoms with van der Waals surface area (Å²) in [6.07, 6.45) is 1.38. The van der Waals surface area contributed by atoms with Gasteiger partial charge in [-0.3, -0.25) is 9.59 Å². The number of anilines is 1. The quantitative estimate of drug-likeness (QED) is 0.460. The lowest BCUT2D eigenvalue weighted by Gasteiger charge is -2.06. The predicted molar refractivity (Wildman–Crippen MR) is 90.9 cm³/mol. The Morgan fingerprint density at radius 3 is 2.46 bits per heavy atom. The van der Waals surface area contributed by atoms with Crippen LogP contribution in [0.25, 0.3) is 0 Å². The van der Waals surface area contributed by atoms with Gasteiger partial charge in [0.2, 0.25) is 5.78 Å². The normalized spacial score (nSPS) is 11.1. The smallest absolute Gasteiger partial charge is 0.338 e. The first-order valence-electron chi connectivity index (χ1n) is 7.44. The highest BCUT2D eigenvalue weighted by Crippen LogP contribution is 2.13. The second-order valence-corrected chi connectivity index (χ2v) is 5.18. The fraction of sp³-hybridized carbons (Fsp3) is 0.111. The summed E-state index contributed by atoms with van der Waals surface area (Å²) in [4.78, 5) is 35.5. The second-order valence-electron chi connectivity index (χ2n) is 5.18. The average molecular weight is 353 g/mol. The summed E-state index contributed by atoms with van der Waals surface area (Å²) in [7, 11) is 0. The summed E-state index contributed by atoms with van der Waals surface area (Å²) in [5.41, 5.74) is 5.86. The van der Waals surface area contributed by atoms with Gasteiger partial charge in [0.15, 0.2) is 12.4 Å². The number of hydrogen-bond donors (Lipinski definition) is 2. The van der Waals surface area contributed by atoms with Gasteiger partial charge in [0.25, 0.3) is 5.91 Å². The van der Waals surface area contributed by atoms with E-state index in [0.717, 1.165) is 0 Å². The zero-order valence-electron chi connectivity index (χ0n) is 13.8. The molecule has 8 nitrogen and oxygen atoms in total. The van der Waals surface area contributed by atoms with Crippen molar-refractivity contribution in [2.45, 2.75) is 6.92 Å². The summed E-state index contributed by atoms with van der Waals surface area (Å²) < 4.78 is 9.85. The number of hydrogen-bond acceptors (Lipinski definition) is 7. The molecule has 0 aliphatic heterocycles. The van der Waals surface area contributed by atoms with Gasteiger partial charge in [-0.15, -0.1) is 0 Å². The SMILES string of the molecule is C/C(N)=C(/C#N)C(=O)COC(=O)c1ccc(NC(=O)c2ccco2)cc1. The zero-order chi connectivity index (χ0) is 19.1. The highest BCUT2D eigenvalue weighted by atomic mass is 16.5. The van der Waals surface area contributed by atoms with Crippen LogP contribution in [0.15, 0.2) is 58.3 Å². The molecule has 0 bridgehead atoms. The van der Waals surface area contributed by atoms with E-state index >= 15 is 0 Å². The van der Waals surface area contributed by atoms with E-state index < -0.39 is 24.3 Å². The van der Waals surface area contributed by atoms with Crippen LogP contribution in [-0.4, -0.2) is 24.3 Å². The molecule has 132 valence electrons. The third kappa shape index (κ3) is 4.58. The van der Waals surface area contributed by atoms with Gasteiger partial charge in [-0.25, -0.2) is 4.79 Å². The van der Waals surface area contributed by atoms with Crippen LogP contribution in [-0.2, 0) is 9.53 Å². The van der Waals surface area contributed by atoms with E-state index in [1.54, 1.807) is 12.1 Å². The number of furan rings is 1. The maximum atomic E-state index is 11.9. The van der Waals surface area contributed by atoms with E-state index in [2.05, 4.69) is 5.32 Å². The Morgan fingerprint density at radius 2 is 1.92 bits per heavy atom. The van der Waals surface area contributed by atoms with Gasteiger partial charge >= 0.3 is 5.97 Å². The third-order valence-corrected chi connectivity index (χ3v) is 3.24. The number of nitriles is 1. The molecule has 0 aliphatic carbocycles. The van der Waals surface area contributed by atoms with E-state index in [9.17, 15) is 14.4 Å². The van der Waals surface area contributed by atoms with E-state index in [4.69, 9.17) is 20.1 Å². The molecule has 1 amide bonds. The Morgan fingerprint density at radius 1 is 1.23 bits per heavy atom. The monoisotopic (exact) mass is 353 g/mol. The van der Waals surface area contributed by atoms with Crippen LogP contribution in [0.1, 0.15) is 27.8 Å². The van der Waals surface area contributed by atoms with E-state index in [1.807, 2.05) is 0 Å². The number of nitrogens with one attached hydrogen (secondary N) is 1. The number of nitrogens with zero attached hydrogens (tertiary/aromatic N) is 1. The van der Waals surface area contributed by atoms with Crippen LogP contribution < -0.4 is 11.1 Å². The molecule has 26 heavy (non-hydrogen) atoms. The molecule has 1 aromatic heterocycles. The summed E-state index contributed by atoms with van der Waals surface area (Å²) in [6, 6.07) is 10.6. The molecule has 0 spiro atoms. The lowest BCUT2D eigenvalue weighted by Crippen LogP contribution is -2.17. The maximum absolute atomic E-state index is 11.9. The standard InChI is InChI=1S/C18H15N3O5/c1-11(20)14(9-19)15(22)10-26-18(24)12-4-6-13(7-5-12)21-17(23)16-3-2-8-25-16/h2-8H,10,20H2,1H3,(H,21,23)/b14-11+. The molecule has 0 unspecified atom stereocenters. The molecule has 0 aliphatic rings. The van der Waals surface area contributed by atoms with E-state index in [0.29, 0.717) is 5.69 Å². The maximum Gasteiger partial charge on any atom is 0.338 e. The van der Waals surface area contributed by atoms with Crippen LogP contribution in [0.4, 0.5) is 5.69 Å². The molecule has 2 rings (SSSR count). The van der Waals surface area contributed by atoms with Gasteiger partial charge in [-0.1, -0.05) is 0 Å². The fourth-order valence-corrected chi connectivity index (χ4v) is 1.95. The first kappa shape index (κ1) is 18.5. The summed E-state index contributed by atoms with van der Waals surface area (Å²) >= 11 is 0. The van der Waals surface area contributed by atoms with Crippen molar-refractivity contribution in [2.75, 3.05) is 11.9 Å². The van der Waals surface area contributed by atoms with E-state index in [-0.39, 0.29) is 22.6 Å². The fourth-order valence-electron chi connectivity index (χ4n) is 1.95. The van der Waals surface area contributed by atoms with Crippen molar-refractivity contribution < 1.29 is 23.5 Å². The lowest BCUT2D eigenvalue weighted by molar-refractivity contribution is -0.118. The molecule has 3 N–H and O–H groups in total. The van der Waals surface area contributed by atoms with Gasteiger partial charge in [0, 0.05) is 11.4 Å². The van der Waals surface area contributed by atoms with Crippen LogP contribution in [0, 0.1) is 11.3 Å². The van der Waals surface area contributed by atoms with Crippen molar-refractivity contribution in [1.29, 1.82) is 5.26 Å². The summed E-state index contributed by atoms with van der Waals surface area (Å²) in [6.45, 7) is 0.821. The van der Waals surface area contributed by atoms with Crippen LogP contribution in [0.2, 0.25) is 0 Å². The average Bonchev–Trinajstić information content (AvgIpc) is 3.15. The van der Waals surface area contributed by atoms with Gasteiger partial charge in [-0.05, 0) is 43.3 Å². The molecule has 8 heteroatoms. The van der Waals surface area contributed by atoms with Crippen molar-refractivity contribution in [3.8, 4) is 6.07 Å². The minimum absolute atomic E-state index is 0.0604. The topological polar surface area (TPSA) is 135 Å². The molecule has 0 atom stereocenters. The number of nitrogens with two attached hydrogens (primary N) is 1. The van der Waals surface area contributed by atoms with Gasteiger partial charge < -0.3 is 20.2 Å². The van der Waals surface area contributed by atoms with Crippen molar-refractivity contribution in [1.82, 2.24) is 0 Å². The number of ether oxygens (including phenoxy) is 1. The molecule has 0 fully saturated rings. The van der Waals surface area contributed by atoms with Crippen molar-refractivity contribution in [2.24, 2.45) is 5.73 Å². The van der Waals surface area contributed by atoms with Crippen molar-refractivity contribution in [3.05, 3.63) is 65.3 Å². The Balaban J connectivity index is 1.94. The molecular formula is C18H15N3O5. The number of amides is 1. The third-order valence-electron chi connectivity index (χ3n) is 3.24. The Bertz CT molecular complexity index is 886. The molecular weight excluding hydrogens is 338 g/mol. The Hall–Kier alpha value is -3.86. The largest absolute Gasteiger partial charge is 0.459 e. The molecule has 1 heterocycles. The van der Waals surface area contributed by atoms with Gasteiger partial charge in [0.05, 0.1) is 11.8 Å². The molecule has 1 aromatic carbocycles. The minimum atomic E-state index is -0.741. The first-order chi connectivity index (χ1) is 12.4. The van der Waals surface area contributed by atoms with E-state index in [1.165, 1.54) is 43.5 Å². The first-order valence-corrected chi connectivity index (χ1v) is 7.44. The molecule has 0 saturated heterocycles. The number of allylic oxidation sites excluding steroid dienone is 1. The number of carbonyl (C=O) groups excluding carboxylic acids is 3. The number of rotatable bonds is 6. The molecule has 2 aromatic rings. The number of ketones is 1. The summed E-state index contributed by atoms with van der Waals surface area (Å²) in [5, 5.41) is 11.4. The van der Waals surface area contributed by atoms with Crippen LogP contribution >= 0.6 is 0 Å².